The quantitative estimate of drug-likeness (QED) is 0.801. The number of anilines is 1. The summed E-state index contributed by atoms with van der Waals surface area (Å²) in [5.74, 6) is 0.464. The average Bonchev–Trinajstić information content (AvgIpc) is 2.99. The maximum absolute atomic E-state index is 12.0. The second-order valence-corrected chi connectivity index (χ2v) is 4.64. The topological polar surface area (TPSA) is 68.0 Å². The number of hydrogen-bond donors (Lipinski definition) is 1. The van der Waals surface area contributed by atoms with Crippen LogP contribution in [0.25, 0.3) is 11.3 Å². The van der Waals surface area contributed by atoms with E-state index in [9.17, 15) is 4.79 Å². The minimum Gasteiger partial charge on any atom is -0.432 e. The summed E-state index contributed by atoms with van der Waals surface area (Å²) in [6.07, 6.45) is 3.08. The lowest BCUT2D eigenvalue weighted by molar-refractivity contribution is 0.0990. The average molecular weight is 300 g/mol. The summed E-state index contributed by atoms with van der Waals surface area (Å²) in [7, 11) is 0. The normalized spacial score (nSPS) is 10.3. The highest BCUT2D eigenvalue weighted by atomic mass is 35.5. The number of carbonyl (C=O) groups excluding carboxylic acids is 1. The largest absolute Gasteiger partial charge is 0.432 e. The van der Waals surface area contributed by atoms with Crippen LogP contribution >= 0.6 is 11.6 Å². The molecule has 1 amide bonds. The maximum atomic E-state index is 12.0. The molecule has 6 heteroatoms. The Morgan fingerprint density at radius 3 is 2.62 bits per heavy atom. The first-order valence-corrected chi connectivity index (χ1v) is 6.54. The van der Waals surface area contributed by atoms with Gasteiger partial charge in [-0.25, -0.2) is 9.97 Å². The highest BCUT2D eigenvalue weighted by Gasteiger charge is 2.14. The van der Waals surface area contributed by atoms with Gasteiger partial charge in [0.25, 0.3) is 5.89 Å². The lowest BCUT2D eigenvalue weighted by atomic mass is 10.2. The fourth-order valence-corrected chi connectivity index (χ4v) is 1.86. The summed E-state index contributed by atoms with van der Waals surface area (Å²) in [5, 5.41) is 3.24. The predicted octanol–water partition coefficient (Wildman–Crippen LogP) is 3.64. The zero-order valence-electron chi connectivity index (χ0n) is 10.8. The van der Waals surface area contributed by atoms with Crippen LogP contribution in [-0.4, -0.2) is 15.9 Å². The summed E-state index contributed by atoms with van der Waals surface area (Å²) < 4.78 is 5.45. The molecule has 0 saturated heterocycles. The monoisotopic (exact) mass is 299 g/mol. The Morgan fingerprint density at radius 2 is 1.90 bits per heavy atom. The number of carbonyl (C=O) groups is 1. The molecular weight excluding hydrogens is 290 g/mol. The van der Waals surface area contributed by atoms with Gasteiger partial charge < -0.3 is 9.73 Å². The van der Waals surface area contributed by atoms with Gasteiger partial charge in [-0.3, -0.25) is 4.79 Å². The van der Waals surface area contributed by atoms with E-state index in [1.165, 1.54) is 6.20 Å². The lowest BCUT2D eigenvalue weighted by Crippen LogP contribution is -2.12. The van der Waals surface area contributed by atoms with Gasteiger partial charge in [-0.15, -0.1) is 0 Å². The first-order valence-electron chi connectivity index (χ1n) is 6.16. The first-order chi connectivity index (χ1) is 10.2. The molecule has 104 valence electrons. The molecule has 0 saturated carbocycles. The molecule has 0 aliphatic carbocycles. The van der Waals surface area contributed by atoms with Crippen molar-refractivity contribution in [3.05, 3.63) is 65.8 Å². The SMILES string of the molecule is O=C(Nc1ccccn1)c1ncc(-c2ccc(Cl)cc2)o1. The van der Waals surface area contributed by atoms with Crippen LogP contribution in [0.15, 0.2) is 59.3 Å². The molecule has 0 spiro atoms. The number of halogens is 1. The molecule has 1 N–H and O–H groups in total. The number of benzene rings is 1. The van der Waals surface area contributed by atoms with E-state index in [1.807, 2.05) is 0 Å². The Morgan fingerprint density at radius 1 is 1.10 bits per heavy atom. The maximum Gasteiger partial charge on any atom is 0.312 e. The number of aromatic nitrogens is 2. The van der Waals surface area contributed by atoms with E-state index in [0.29, 0.717) is 16.6 Å². The number of rotatable bonds is 3. The molecule has 2 heterocycles. The first kappa shape index (κ1) is 13.3. The zero-order valence-corrected chi connectivity index (χ0v) is 11.5. The third kappa shape index (κ3) is 3.09. The van der Waals surface area contributed by atoms with E-state index < -0.39 is 5.91 Å². The predicted molar refractivity (Wildman–Crippen MR) is 79.1 cm³/mol. The van der Waals surface area contributed by atoms with Crippen molar-refractivity contribution in [2.24, 2.45) is 0 Å². The van der Waals surface area contributed by atoms with Crippen molar-refractivity contribution < 1.29 is 9.21 Å². The molecule has 21 heavy (non-hydrogen) atoms. The third-order valence-corrected chi connectivity index (χ3v) is 2.99. The number of pyridine rings is 1. The third-order valence-electron chi connectivity index (χ3n) is 2.74. The minimum absolute atomic E-state index is 0.0226. The van der Waals surface area contributed by atoms with Gasteiger partial charge in [-0.1, -0.05) is 17.7 Å². The molecule has 3 rings (SSSR count). The van der Waals surface area contributed by atoms with Crippen molar-refractivity contribution >= 4 is 23.3 Å². The molecule has 5 nitrogen and oxygen atoms in total. The molecule has 0 unspecified atom stereocenters. The lowest BCUT2D eigenvalue weighted by Gasteiger charge is -2.00. The molecule has 0 radical (unpaired) electrons. The van der Waals surface area contributed by atoms with E-state index in [1.54, 1.807) is 48.7 Å². The summed E-state index contributed by atoms with van der Waals surface area (Å²) in [4.78, 5) is 20.0. The minimum atomic E-state index is -0.450. The van der Waals surface area contributed by atoms with Crippen molar-refractivity contribution in [1.82, 2.24) is 9.97 Å². The van der Waals surface area contributed by atoms with Crippen molar-refractivity contribution in [3.8, 4) is 11.3 Å². The van der Waals surface area contributed by atoms with Gasteiger partial charge in [0.15, 0.2) is 5.76 Å². The van der Waals surface area contributed by atoms with Crippen molar-refractivity contribution in [2.45, 2.75) is 0 Å². The van der Waals surface area contributed by atoms with E-state index in [4.69, 9.17) is 16.0 Å². The Bertz CT molecular complexity index is 754. The Balaban J connectivity index is 1.78. The van der Waals surface area contributed by atoms with Crippen LogP contribution in [0.5, 0.6) is 0 Å². The Hall–Kier alpha value is -2.66. The molecule has 1 aromatic carbocycles. The highest BCUT2D eigenvalue weighted by molar-refractivity contribution is 6.30. The molecule has 0 aliphatic heterocycles. The van der Waals surface area contributed by atoms with Gasteiger partial charge in [-0.2, -0.15) is 0 Å². The molecule has 0 bridgehead atoms. The van der Waals surface area contributed by atoms with Gasteiger partial charge in [0.05, 0.1) is 6.20 Å². The molecule has 3 aromatic rings. The Labute approximate surface area is 125 Å². The number of oxazole rings is 1. The van der Waals surface area contributed by atoms with Gasteiger partial charge in [0, 0.05) is 16.8 Å². The fourth-order valence-electron chi connectivity index (χ4n) is 1.73. The second kappa shape index (κ2) is 5.76. The molecule has 0 aliphatic rings. The molecule has 0 atom stereocenters. The van der Waals surface area contributed by atoms with Crippen LogP contribution < -0.4 is 5.32 Å². The fraction of sp³-hybridized carbons (Fsp3) is 0. The molecule has 0 fully saturated rings. The number of amides is 1. The van der Waals surface area contributed by atoms with Crippen LogP contribution in [0, 0.1) is 0 Å². The highest BCUT2D eigenvalue weighted by Crippen LogP contribution is 2.22. The summed E-state index contributed by atoms with van der Waals surface area (Å²) in [6, 6.07) is 12.3. The number of hydrogen-bond acceptors (Lipinski definition) is 4. The van der Waals surface area contributed by atoms with E-state index in [0.717, 1.165) is 5.56 Å². The number of nitrogens with one attached hydrogen (secondary N) is 1. The van der Waals surface area contributed by atoms with Gasteiger partial charge in [0.2, 0.25) is 0 Å². The smallest absolute Gasteiger partial charge is 0.312 e. The Kier molecular flexibility index (Phi) is 3.66. The summed E-state index contributed by atoms with van der Waals surface area (Å²) in [6.45, 7) is 0. The van der Waals surface area contributed by atoms with Crippen LogP contribution in [0.3, 0.4) is 0 Å². The van der Waals surface area contributed by atoms with Crippen LogP contribution in [0.4, 0.5) is 5.82 Å². The summed E-state index contributed by atoms with van der Waals surface area (Å²) in [5.41, 5.74) is 0.795. The second-order valence-electron chi connectivity index (χ2n) is 4.21. The van der Waals surface area contributed by atoms with E-state index in [-0.39, 0.29) is 5.89 Å². The molecule has 2 aromatic heterocycles. The van der Waals surface area contributed by atoms with E-state index >= 15 is 0 Å². The van der Waals surface area contributed by atoms with Gasteiger partial charge in [-0.05, 0) is 36.4 Å². The van der Waals surface area contributed by atoms with Crippen LogP contribution in [0.1, 0.15) is 10.7 Å². The van der Waals surface area contributed by atoms with E-state index in [2.05, 4.69) is 15.3 Å². The van der Waals surface area contributed by atoms with Crippen molar-refractivity contribution in [1.29, 1.82) is 0 Å². The number of nitrogens with zero attached hydrogens (tertiary/aromatic N) is 2. The van der Waals surface area contributed by atoms with Crippen LogP contribution in [-0.2, 0) is 0 Å². The van der Waals surface area contributed by atoms with Crippen LogP contribution in [0.2, 0.25) is 5.02 Å². The van der Waals surface area contributed by atoms with Gasteiger partial charge >= 0.3 is 5.91 Å². The van der Waals surface area contributed by atoms with Crippen molar-refractivity contribution in [2.75, 3.05) is 5.32 Å². The zero-order chi connectivity index (χ0) is 14.7. The van der Waals surface area contributed by atoms with Gasteiger partial charge in [0.1, 0.15) is 5.82 Å². The molecular formula is C15H10ClN3O2. The van der Waals surface area contributed by atoms with Crippen molar-refractivity contribution in [3.63, 3.8) is 0 Å². The summed E-state index contributed by atoms with van der Waals surface area (Å²) >= 11 is 5.83. The standard InChI is InChI=1S/C15H10ClN3O2/c16-11-6-4-10(5-7-11)12-9-18-15(21-12)14(20)19-13-3-1-2-8-17-13/h1-9H,(H,17,19,20).